The van der Waals surface area contributed by atoms with Gasteiger partial charge in [-0.25, -0.2) is 0 Å². The summed E-state index contributed by atoms with van der Waals surface area (Å²) in [5.41, 5.74) is 1.69. The minimum absolute atomic E-state index is 0.0220. The van der Waals surface area contributed by atoms with E-state index in [9.17, 15) is 9.59 Å². The van der Waals surface area contributed by atoms with Gasteiger partial charge in [-0.1, -0.05) is 30.3 Å². The van der Waals surface area contributed by atoms with E-state index in [-0.39, 0.29) is 35.9 Å². The summed E-state index contributed by atoms with van der Waals surface area (Å²) in [4.78, 5) is 27.4. The highest BCUT2D eigenvalue weighted by Crippen LogP contribution is 2.53. The van der Waals surface area contributed by atoms with Crippen LogP contribution in [0.4, 0.5) is 0 Å². The first-order valence-corrected chi connectivity index (χ1v) is 12.9. The van der Waals surface area contributed by atoms with E-state index in [0.29, 0.717) is 19.5 Å². The van der Waals surface area contributed by atoms with Gasteiger partial charge in [0.25, 0.3) is 0 Å². The van der Waals surface area contributed by atoms with E-state index >= 15 is 0 Å². The maximum Gasteiger partial charge on any atom is 0.245 e. The number of amides is 2. The Morgan fingerprint density at radius 1 is 1.19 bits per heavy atom. The van der Waals surface area contributed by atoms with Gasteiger partial charge < -0.3 is 24.4 Å². The fourth-order valence-electron chi connectivity index (χ4n) is 6.13. The van der Waals surface area contributed by atoms with Crippen molar-refractivity contribution in [3.8, 4) is 11.5 Å². The number of ether oxygens (including phenoxy) is 3. The Morgan fingerprint density at radius 2 is 1.97 bits per heavy atom. The highest BCUT2D eigenvalue weighted by molar-refractivity contribution is 5.87. The first kappa shape index (κ1) is 24.6. The van der Waals surface area contributed by atoms with Crippen LogP contribution in [0, 0.1) is 11.8 Å². The van der Waals surface area contributed by atoms with Crippen LogP contribution < -0.4 is 14.8 Å². The highest BCUT2D eigenvalue weighted by atomic mass is 16.5. The third-order valence-corrected chi connectivity index (χ3v) is 7.97. The smallest absolute Gasteiger partial charge is 0.245 e. The molecule has 3 heterocycles. The van der Waals surface area contributed by atoms with Crippen LogP contribution in [-0.4, -0.2) is 54.7 Å². The number of hydrogen-bond donors (Lipinski definition) is 1. The van der Waals surface area contributed by atoms with Crippen LogP contribution in [0.15, 0.2) is 48.5 Å². The molecule has 3 aliphatic rings. The number of fused-ring (bicyclic) bond motifs is 4. The average molecular weight is 493 g/mol. The Bertz CT molecular complexity index is 1120. The summed E-state index contributed by atoms with van der Waals surface area (Å²) in [5.74, 6) is 1.77. The quantitative estimate of drug-likeness (QED) is 0.685. The molecule has 0 aromatic heterocycles. The van der Waals surface area contributed by atoms with Crippen molar-refractivity contribution >= 4 is 11.8 Å². The standard InChI is InChI=1S/C29H36N2O5/c1-18(32)30-24(14-19-8-6-5-7-9-19)28(33)31-13-12-25-20(17-31)15-23-27(35-25)22-11-10-21(34-4)16-26(22)36-29(23,2)3/h5-11,16,20,23-25,27H,12-15,17H2,1-4H3,(H,30,32)/t20-,23+,24+,25+,27-/m0/s1. The Labute approximate surface area is 213 Å². The molecule has 2 fully saturated rings. The molecule has 7 heteroatoms. The first-order valence-electron chi connectivity index (χ1n) is 12.9. The zero-order chi connectivity index (χ0) is 25.4. The van der Waals surface area contributed by atoms with Crippen LogP contribution in [0.25, 0.3) is 0 Å². The molecular formula is C29H36N2O5. The number of rotatable bonds is 5. The molecule has 5 atom stereocenters. The van der Waals surface area contributed by atoms with Crippen molar-refractivity contribution in [2.45, 2.75) is 63.9 Å². The lowest BCUT2D eigenvalue weighted by Crippen LogP contribution is -2.58. The van der Waals surface area contributed by atoms with Gasteiger partial charge in [0, 0.05) is 49.9 Å². The summed E-state index contributed by atoms with van der Waals surface area (Å²) in [6, 6.07) is 15.2. The van der Waals surface area contributed by atoms with Crippen LogP contribution in [0.2, 0.25) is 0 Å². The van der Waals surface area contributed by atoms with Crippen LogP contribution in [0.3, 0.4) is 0 Å². The number of carbonyl (C=O) groups is 2. The average Bonchev–Trinajstić information content (AvgIpc) is 2.86. The molecule has 2 saturated heterocycles. The molecule has 2 aromatic rings. The Balaban J connectivity index is 1.32. The summed E-state index contributed by atoms with van der Waals surface area (Å²) in [7, 11) is 1.66. The molecule has 0 bridgehead atoms. The maximum atomic E-state index is 13.6. The zero-order valence-corrected chi connectivity index (χ0v) is 21.5. The van der Waals surface area contributed by atoms with Crippen LogP contribution in [0.5, 0.6) is 11.5 Å². The second-order valence-electron chi connectivity index (χ2n) is 10.8. The molecule has 0 unspecified atom stereocenters. The van der Waals surface area contributed by atoms with E-state index in [1.807, 2.05) is 47.4 Å². The van der Waals surface area contributed by atoms with Gasteiger partial charge in [0.1, 0.15) is 23.1 Å². The molecular weight excluding hydrogens is 456 g/mol. The van der Waals surface area contributed by atoms with E-state index in [2.05, 4.69) is 25.2 Å². The zero-order valence-electron chi connectivity index (χ0n) is 21.5. The highest BCUT2D eigenvalue weighted by Gasteiger charge is 2.51. The Hall–Kier alpha value is -3.06. The van der Waals surface area contributed by atoms with E-state index in [1.165, 1.54) is 6.92 Å². The van der Waals surface area contributed by atoms with E-state index in [4.69, 9.17) is 14.2 Å². The van der Waals surface area contributed by atoms with Crippen molar-refractivity contribution in [2.24, 2.45) is 11.8 Å². The number of hydrogen-bond acceptors (Lipinski definition) is 5. The lowest BCUT2D eigenvalue weighted by atomic mass is 9.70. The third-order valence-electron chi connectivity index (χ3n) is 7.97. The van der Waals surface area contributed by atoms with Crippen LogP contribution in [0.1, 0.15) is 50.8 Å². The van der Waals surface area contributed by atoms with Gasteiger partial charge >= 0.3 is 0 Å². The normalized spacial score (nSPS) is 26.9. The van der Waals surface area contributed by atoms with Gasteiger partial charge in [-0.05, 0) is 44.4 Å². The molecule has 7 nitrogen and oxygen atoms in total. The minimum atomic E-state index is -0.574. The van der Waals surface area contributed by atoms with Gasteiger partial charge in [-0.2, -0.15) is 0 Å². The summed E-state index contributed by atoms with van der Waals surface area (Å²) in [6.07, 6.45) is 2.23. The predicted octanol–water partition coefficient (Wildman–Crippen LogP) is 3.91. The fraction of sp³-hybridized carbons (Fsp3) is 0.517. The lowest BCUT2D eigenvalue weighted by molar-refractivity contribution is -0.189. The predicted molar refractivity (Wildman–Crippen MR) is 136 cm³/mol. The minimum Gasteiger partial charge on any atom is -0.497 e. The van der Waals surface area contributed by atoms with Crippen LogP contribution >= 0.6 is 0 Å². The number of methoxy groups -OCH3 is 1. The number of piperidine rings is 1. The third kappa shape index (κ3) is 4.81. The summed E-state index contributed by atoms with van der Waals surface area (Å²) < 4.78 is 18.6. The topological polar surface area (TPSA) is 77.1 Å². The van der Waals surface area contributed by atoms with Gasteiger partial charge in [0.05, 0.1) is 19.3 Å². The number of benzene rings is 2. The molecule has 2 aromatic carbocycles. The summed E-state index contributed by atoms with van der Waals surface area (Å²) >= 11 is 0. The second kappa shape index (κ2) is 9.77. The van der Waals surface area contributed by atoms with Crippen molar-refractivity contribution in [1.82, 2.24) is 10.2 Å². The molecule has 2 amide bonds. The molecule has 0 radical (unpaired) electrons. The van der Waals surface area contributed by atoms with E-state index in [0.717, 1.165) is 35.5 Å². The van der Waals surface area contributed by atoms with Gasteiger partial charge in [0.15, 0.2) is 0 Å². The molecule has 36 heavy (non-hydrogen) atoms. The lowest BCUT2D eigenvalue weighted by Gasteiger charge is -2.53. The monoisotopic (exact) mass is 492 g/mol. The first-order chi connectivity index (χ1) is 17.2. The van der Waals surface area contributed by atoms with Gasteiger partial charge in [0.2, 0.25) is 11.8 Å². The van der Waals surface area contributed by atoms with Crippen molar-refractivity contribution in [2.75, 3.05) is 20.2 Å². The molecule has 5 rings (SSSR count). The van der Waals surface area contributed by atoms with Crippen LogP contribution in [-0.2, 0) is 20.7 Å². The number of likely N-dealkylation sites (tertiary alicyclic amines) is 1. The largest absolute Gasteiger partial charge is 0.497 e. The maximum absolute atomic E-state index is 13.6. The molecule has 192 valence electrons. The summed E-state index contributed by atoms with van der Waals surface area (Å²) in [6.45, 7) is 6.95. The van der Waals surface area contributed by atoms with Crippen molar-refractivity contribution in [3.05, 3.63) is 59.7 Å². The number of nitrogens with one attached hydrogen (secondary N) is 1. The van der Waals surface area contributed by atoms with Crippen molar-refractivity contribution in [3.63, 3.8) is 0 Å². The second-order valence-corrected chi connectivity index (χ2v) is 10.8. The molecule has 1 N–H and O–H groups in total. The van der Waals surface area contributed by atoms with Crippen molar-refractivity contribution in [1.29, 1.82) is 0 Å². The van der Waals surface area contributed by atoms with Gasteiger partial charge in [-0.15, -0.1) is 0 Å². The SMILES string of the molecule is COc1ccc2c(c1)OC(C)(C)[C@@H]1C[C@H]3CN(C(=O)[C@@H](Cc4ccccc4)NC(C)=O)CC[C@H]3O[C@@H]21. The van der Waals surface area contributed by atoms with E-state index < -0.39 is 11.6 Å². The Morgan fingerprint density at radius 3 is 2.69 bits per heavy atom. The van der Waals surface area contributed by atoms with Gasteiger partial charge in [-0.3, -0.25) is 9.59 Å². The molecule has 0 saturated carbocycles. The molecule has 3 aliphatic heterocycles. The number of nitrogens with zero attached hydrogens (tertiary/aromatic N) is 1. The summed E-state index contributed by atoms with van der Waals surface area (Å²) in [5, 5.41) is 2.88. The fourth-order valence-corrected chi connectivity index (χ4v) is 6.13. The molecule has 0 aliphatic carbocycles. The molecule has 0 spiro atoms. The van der Waals surface area contributed by atoms with E-state index in [1.54, 1.807) is 7.11 Å². The Kier molecular flexibility index (Phi) is 6.68. The number of carbonyl (C=O) groups excluding carboxylic acids is 2. The van der Waals surface area contributed by atoms with Crippen molar-refractivity contribution < 1.29 is 23.8 Å².